The van der Waals surface area contributed by atoms with E-state index in [0.29, 0.717) is 0 Å². The van der Waals surface area contributed by atoms with Crippen molar-refractivity contribution >= 4 is 27.2 Å². The number of hydrogen-bond acceptors (Lipinski definition) is 2. The number of nitrogens with two attached hydrogens (primary N) is 1. The monoisotopic (exact) mass is 337 g/mol. The van der Waals surface area contributed by atoms with Gasteiger partial charge < -0.3 is 5.73 Å². The number of anilines is 1. The molecule has 0 aliphatic heterocycles. The highest BCUT2D eigenvalue weighted by Crippen LogP contribution is 2.40. The molecule has 3 N–H and O–H groups in total. The molecule has 0 spiro atoms. The average molecular weight is 338 g/mol. The first kappa shape index (κ1) is 15.6. The van der Waals surface area contributed by atoms with Gasteiger partial charge in [-0.2, -0.15) is 4.98 Å². The number of thiophene rings is 1. The van der Waals surface area contributed by atoms with E-state index in [1.54, 1.807) is 4.88 Å². The Morgan fingerprint density at radius 3 is 2.67 bits per heavy atom. The second-order valence-electron chi connectivity index (χ2n) is 6.78. The van der Waals surface area contributed by atoms with Crippen LogP contribution in [0.15, 0.2) is 30.3 Å². The topological polar surface area (TPSA) is 40.2 Å². The Hall–Kier alpha value is -1.87. The van der Waals surface area contributed by atoms with Crippen molar-refractivity contribution in [2.24, 2.45) is 0 Å². The van der Waals surface area contributed by atoms with Crippen molar-refractivity contribution in [1.82, 2.24) is 0 Å². The fraction of sp³-hybridized carbons (Fsp3) is 0.381. The summed E-state index contributed by atoms with van der Waals surface area (Å²) in [4.78, 5) is 6.57. The van der Waals surface area contributed by atoms with Crippen LogP contribution in [0.2, 0.25) is 0 Å². The Kier molecular flexibility index (Phi) is 4.28. The van der Waals surface area contributed by atoms with Gasteiger partial charge in [-0.25, -0.2) is 0 Å². The summed E-state index contributed by atoms with van der Waals surface area (Å²) in [6, 6.07) is 10.6. The van der Waals surface area contributed by atoms with E-state index in [1.165, 1.54) is 64.7 Å². The number of nitrogen functional groups attached to an aromatic ring is 1. The Morgan fingerprint density at radius 1 is 1.08 bits per heavy atom. The zero-order valence-corrected chi connectivity index (χ0v) is 15.1. The number of aryl methyl sites for hydroxylation is 2. The van der Waals surface area contributed by atoms with Crippen molar-refractivity contribution in [3.63, 3.8) is 0 Å². The molecule has 0 fully saturated rings. The predicted octanol–water partition coefficient (Wildman–Crippen LogP) is 5.19. The van der Waals surface area contributed by atoms with Crippen molar-refractivity contribution < 1.29 is 4.98 Å². The maximum atomic E-state index is 6.75. The summed E-state index contributed by atoms with van der Waals surface area (Å²) in [6.45, 7) is 2.23. The zero-order chi connectivity index (χ0) is 16.5. The summed E-state index contributed by atoms with van der Waals surface area (Å²) in [7, 11) is 0. The third-order valence-corrected chi connectivity index (χ3v) is 6.33. The molecule has 2 aromatic heterocycles. The van der Waals surface area contributed by atoms with E-state index in [-0.39, 0.29) is 0 Å². The van der Waals surface area contributed by atoms with Crippen molar-refractivity contribution in [2.75, 3.05) is 5.73 Å². The first-order valence-corrected chi connectivity index (χ1v) is 9.94. The highest BCUT2D eigenvalue weighted by atomic mass is 32.1. The van der Waals surface area contributed by atoms with Crippen LogP contribution >= 0.6 is 11.3 Å². The van der Waals surface area contributed by atoms with Crippen molar-refractivity contribution in [1.29, 1.82) is 0 Å². The fourth-order valence-electron chi connectivity index (χ4n) is 3.95. The van der Waals surface area contributed by atoms with Gasteiger partial charge >= 0.3 is 0 Å². The smallest absolute Gasteiger partial charge is 0.270 e. The van der Waals surface area contributed by atoms with Crippen LogP contribution in [0.5, 0.6) is 0 Å². The van der Waals surface area contributed by atoms with Crippen LogP contribution in [0.4, 0.5) is 5.69 Å². The molecule has 2 heterocycles. The largest absolute Gasteiger partial charge is 0.398 e. The second kappa shape index (κ2) is 6.56. The normalized spacial score (nSPS) is 14.5. The van der Waals surface area contributed by atoms with Crippen LogP contribution in [-0.2, 0) is 19.3 Å². The maximum Gasteiger partial charge on any atom is 0.270 e. The number of pyridine rings is 1. The van der Waals surface area contributed by atoms with Gasteiger partial charge in [-0.15, -0.1) is 0 Å². The molecule has 2 nitrogen and oxygen atoms in total. The molecule has 0 atom stereocenters. The molecule has 0 bridgehead atoms. The van der Waals surface area contributed by atoms with E-state index in [1.807, 2.05) is 11.3 Å². The predicted molar refractivity (Wildman–Crippen MR) is 103 cm³/mol. The minimum absolute atomic E-state index is 1.02. The van der Waals surface area contributed by atoms with Crippen molar-refractivity contribution in [2.45, 2.75) is 51.9 Å². The highest BCUT2D eigenvalue weighted by molar-refractivity contribution is 7.18. The molecule has 0 unspecified atom stereocenters. The fourth-order valence-corrected chi connectivity index (χ4v) is 5.26. The van der Waals surface area contributed by atoms with E-state index in [2.05, 4.69) is 42.2 Å². The molecule has 1 aliphatic rings. The van der Waals surface area contributed by atoms with Crippen LogP contribution in [-0.4, -0.2) is 0 Å². The van der Waals surface area contributed by atoms with Gasteiger partial charge in [0.2, 0.25) is 5.69 Å². The number of rotatable bonds is 3. The molecule has 24 heavy (non-hydrogen) atoms. The van der Waals surface area contributed by atoms with Gasteiger partial charge in [0.05, 0.1) is 11.1 Å². The SMILES string of the molecule is CCCc1c(-c2ccccc2)[nH+]c2sc3c(c2c1N)CCCCC3. The number of H-pyrrole nitrogens is 1. The summed E-state index contributed by atoms with van der Waals surface area (Å²) in [5.74, 6) is 0. The Labute approximate surface area is 147 Å². The first-order chi connectivity index (χ1) is 11.8. The maximum absolute atomic E-state index is 6.75. The van der Waals surface area contributed by atoms with Gasteiger partial charge in [-0.05, 0) is 49.8 Å². The lowest BCUT2D eigenvalue weighted by Crippen LogP contribution is -2.14. The van der Waals surface area contributed by atoms with Gasteiger partial charge in [-0.1, -0.05) is 49.3 Å². The summed E-state index contributed by atoms with van der Waals surface area (Å²) in [6.07, 6.45) is 8.48. The van der Waals surface area contributed by atoms with Crippen LogP contribution in [0, 0.1) is 0 Å². The minimum Gasteiger partial charge on any atom is -0.398 e. The van der Waals surface area contributed by atoms with Gasteiger partial charge in [0, 0.05) is 16.0 Å². The number of aromatic nitrogens is 1. The van der Waals surface area contributed by atoms with Crippen molar-refractivity contribution in [3.05, 3.63) is 46.3 Å². The molecular weight excluding hydrogens is 312 g/mol. The van der Waals surface area contributed by atoms with E-state index in [9.17, 15) is 0 Å². The van der Waals surface area contributed by atoms with Gasteiger partial charge in [0.15, 0.2) is 0 Å². The van der Waals surface area contributed by atoms with E-state index in [0.717, 1.165) is 18.5 Å². The highest BCUT2D eigenvalue weighted by Gasteiger charge is 2.26. The lowest BCUT2D eigenvalue weighted by Gasteiger charge is -2.09. The van der Waals surface area contributed by atoms with Crippen LogP contribution < -0.4 is 10.7 Å². The molecular formula is C21H25N2S+. The first-order valence-electron chi connectivity index (χ1n) is 9.13. The molecule has 0 amide bonds. The molecule has 4 rings (SSSR count). The zero-order valence-electron chi connectivity index (χ0n) is 14.3. The summed E-state index contributed by atoms with van der Waals surface area (Å²) < 4.78 is 0. The molecule has 124 valence electrons. The Bertz CT molecular complexity index is 865. The third-order valence-electron chi connectivity index (χ3n) is 5.12. The van der Waals surface area contributed by atoms with Gasteiger partial charge in [0.1, 0.15) is 0 Å². The molecule has 1 aliphatic carbocycles. The summed E-state index contributed by atoms with van der Waals surface area (Å²) in [5, 5.41) is 1.32. The number of nitrogens with one attached hydrogen (secondary N) is 1. The molecule has 0 saturated heterocycles. The van der Waals surface area contributed by atoms with Gasteiger partial charge in [-0.3, -0.25) is 0 Å². The lowest BCUT2D eigenvalue weighted by atomic mass is 9.97. The van der Waals surface area contributed by atoms with Crippen LogP contribution in [0.1, 0.15) is 48.6 Å². The number of benzene rings is 1. The Balaban J connectivity index is 1.99. The molecule has 0 radical (unpaired) electrons. The summed E-state index contributed by atoms with van der Waals surface area (Å²) in [5.41, 5.74) is 13.0. The number of hydrogen-bond donors (Lipinski definition) is 1. The quantitative estimate of drug-likeness (QED) is 0.657. The van der Waals surface area contributed by atoms with E-state index >= 15 is 0 Å². The lowest BCUT2D eigenvalue weighted by molar-refractivity contribution is -0.328. The van der Waals surface area contributed by atoms with E-state index in [4.69, 9.17) is 5.73 Å². The van der Waals surface area contributed by atoms with Gasteiger partial charge in [0.25, 0.3) is 4.83 Å². The number of fused-ring (bicyclic) bond motifs is 3. The molecule has 3 heteroatoms. The molecule has 1 aromatic carbocycles. The van der Waals surface area contributed by atoms with Crippen LogP contribution in [0.25, 0.3) is 21.5 Å². The minimum atomic E-state index is 1.02. The van der Waals surface area contributed by atoms with Crippen LogP contribution in [0.3, 0.4) is 0 Å². The average Bonchev–Trinajstić information content (AvgIpc) is 2.80. The Morgan fingerprint density at radius 2 is 1.88 bits per heavy atom. The molecule has 0 saturated carbocycles. The molecule has 3 aromatic rings. The third kappa shape index (κ3) is 2.61. The standard InChI is InChI=1S/C21H24N2S/c1-2-9-16-19(22)18-15-12-7-4-8-13-17(15)24-21(18)23-20(16)14-10-5-3-6-11-14/h3,5-6,10-11H,2,4,7-9,12-13H2,1H3,(H2,22,23)/p+1. The summed E-state index contributed by atoms with van der Waals surface area (Å²) >= 11 is 1.93. The second-order valence-corrected chi connectivity index (χ2v) is 7.88. The number of aromatic amines is 1. The van der Waals surface area contributed by atoms with Crippen molar-refractivity contribution in [3.8, 4) is 11.3 Å². The van der Waals surface area contributed by atoms with E-state index < -0.39 is 0 Å².